The van der Waals surface area contributed by atoms with Crippen LogP contribution >= 0.6 is 0 Å². The zero-order valence-corrected chi connectivity index (χ0v) is 24.8. The van der Waals surface area contributed by atoms with E-state index < -0.39 is 40.8 Å². The number of esters is 1. The summed E-state index contributed by atoms with van der Waals surface area (Å²) < 4.78 is 11.6. The van der Waals surface area contributed by atoms with Crippen molar-refractivity contribution in [1.82, 2.24) is 10.2 Å². The van der Waals surface area contributed by atoms with Gasteiger partial charge in [-0.15, -0.1) is 0 Å². The van der Waals surface area contributed by atoms with Crippen molar-refractivity contribution < 1.29 is 28.7 Å². The predicted molar refractivity (Wildman–Crippen MR) is 152 cm³/mol. The molecule has 40 heavy (non-hydrogen) atoms. The van der Waals surface area contributed by atoms with E-state index in [1.54, 1.807) is 20.8 Å². The fourth-order valence-electron chi connectivity index (χ4n) is 6.07. The fourth-order valence-corrected chi connectivity index (χ4v) is 6.07. The van der Waals surface area contributed by atoms with Gasteiger partial charge >= 0.3 is 12.1 Å². The molecule has 3 fully saturated rings. The molecule has 1 N–H and O–H groups in total. The topological polar surface area (TPSA) is 105 Å². The summed E-state index contributed by atoms with van der Waals surface area (Å²) in [6.07, 6.45) is 5.52. The SMILES string of the molecule is CC(C)(C)OC(=O)[C@@H]1C[C@]2(CN(c3ccccc3)C(=O)O2)CN1C(=O)[C@@H](NC(=O)CC1CCCCC1)C(C)(C)C. The second-order valence-electron chi connectivity index (χ2n) is 13.8. The van der Waals surface area contributed by atoms with Crippen LogP contribution in [0.5, 0.6) is 0 Å². The lowest BCUT2D eigenvalue weighted by molar-refractivity contribution is -0.164. The number of anilines is 1. The second kappa shape index (κ2) is 11.4. The van der Waals surface area contributed by atoms with Crippen molar-refractivity contribution in [3.05, 3.63) is 30.3 Å². The van der Waals surface area contributed by atoms with E-state index in [0.29, 0.717) is 18.0 Å². The highest BCUT2D eigenvalue weighted by molar-refractivity contribution is 5.94. The van der Waals surface area contributed by atoms with Crippen molar-refractivity contribution >= 4 is 29.6 Å². The lowest BCUT2D eigenvalue weighted by Gasteiger charge is -2.36. The summed E-state index contributed by atoms with van der Waals surface area (Å²) in [6.45, 7) is 11.3. The first-order valence-electron chi connectivity index (χ1n) is 14.6. The molecule has 220 valence electrons. The molecule has 2 heterocycles. The van der Waals surface area contributed by atoms with E-state index in [2.05, 4.69) is 5.32 Å². The maximum Gasteiger partial charge on any atom is 0.415 e. The van der Waals surface area contributed by atoms with E-state index >= 15 is 0 Å². The highest BCUT2D eigenvalue weighted by Gasteiger charge is 2.58. The number of nitrogens with one attached hydrogen (secondary N) is 1. The average molecular weight is 556 g/mol. The summed E-state index contributed by atoms with van der Waals surface area (Å²) in [5.74, 6) is -0.735. The molecule has 2 aliphatic heterocycles. The maximum atomic E-state index is 14.2. The van der Waals surface area contributed by atoms with Crippen LogP contribution in [-0.4, -0.2) is 65.2 Å². The lowest BCUT2D eigenvalue weighted by atomic mass is 9.84. The summed E-state index contributed by atoms with van der Waals surface area (Å²) in [5.41, 5.74) is -1.76. The number of hydrogen-bond donors (Lipinski definition) is 1. The van der Waals surface area contributed by atoms with E-state index in [0.717, 1.165) is 25.7 Å². The van der Waals surface area contributed by atoms with Gasteiger partial charge in [0.2, 0.25) is 11.8 Å². The predicted octanol–water partition coefficient (Wildman–Crippen LogP) is 4.83. The van der Waals surface area contributed by atoms with Gasteiger partial charge in [-0.2, -0.15) is 0 Å². The Morgan fingerprint density at radius 1 is 1.02 bits per heavy atom. The Hall–Kier alpha value is -3.10. The molecule has 0 unspecified atom stereocenters. The molecule has 9 nitrogen and oxygen atoms in total. The molecule has 1 saturated carbocycles. The molecule has 9 heteroatoms. The number of benzene rings is 1. The third-order valence-corrected chi connectivity index (χ3v) is 8.02. The minimum Gasteiger partial charge on any atom is -0.458 e. The van der Waals surface area contributed by atoms with E-state index in [-0.39, 0.29) is 31.3 Å². The molecule has 1 aromatic rings. The number of likely N-dealkylation sites (tertiary alicyclic amines) is 1. The highest BCUT2D eigenvalue weighted by Crippen LogP contribution is 2.40. The van der Waals surface area contributed by atoms with Crippen molar-refractivity contribution in [2.45, 2.75) is 110 Å². The molecule has 3 amide bonds. The number of ether oxygens (including phenoxy) is 2. The number of carbonyl (C=O) groups is 4. The first-order valence-corrected chi connectivity index (χ1v) is 14.6. The zero-order valence-electron chi connectivity index (χ0n) is 24.8. The van der Waals surface area contributed by atoms with Crippen LogP contribution in [0.15, 0.2) is 30.3 Å². The molecule has 0 bridgehead atoms. The third-order valence-electron chi connectivity index (χ3n) is 8.02. The van der Waals surface area contributed by atoms with Gasteiger partial charge in [0.15, 0.2) is 5.60 Å². The quantitative estimate of drug-likeness (QED) is 0.505. The first-order chi connectivity index (χ1) is 18.7. The summed E-state index contributed by atoms with van der Waals surface area (Å²) >= 11 is 0. The summed E-state index contributed by atoms with van der Waals surface area (Å²) in [6, 6.07) is 7.38. The Labute approximate surface area is 237 Å². The van der Waals surface area contributed by atoms with Gasteiger partial charge in [-0.1, -0.05) is 58.2 Å². The van der Waals surface area contributed by atoms with E-state index in [1.807, 2.05) is 51.1 Å². The van der Waals surface area contributed by atoms with Crippen molar-refractivity contribution in [3.63, 3.8) is 0 Å². The molecule has 2 saturated heterocycles. The van der Waals surface area contributed by atoms with Crippen LogP contribution in [0.1, 0.15) is 86.5 Å². The molecule has 3 aliphatic rings. The molecule has 0 aromatic heterocycles. The van der Waals surface area contributed by atoms with Crippen LogP contribution in [0.2, 0.25) is 0 Å². The van der Waals surface area contributed by atoms with Gasteiger partial charge < -0.3 is 19.7 Å². The second-order valence-corrected chi connectivity index (χ2v) is 13.8. The van der Waals surface area contributed by atoms with Crippen LogP contribution in [-0.2, 0) is 23.9 Å². The van der Waals surface area contributed by atoms with Crippen molar-refractivity contribution in [2.24, 2.45) is 11.3 Å². The molecule has 1 spiro atoms. The van der Waals surface area contributed by atoms with E-state index in [1.165, 1.54) is 16.2 Å². The van der Waals surface area contributed by atoms with E-state index in [9.17, 15) is 19.2 Å². The smallest absolute Gasteiger partial charge is 0.415 e. The van der Waals surface area contributed by atoms with Crippen LogP contribution < -0.4 is 10.2 Å². The highest BCUT2D eigenvalue weighted by atomic mass is 16.6. The van der Waals surface area contributed by atoms with Crippen LogP contribution in [0.25, 0.3) is 0 Å². The summed E-state index contributed by atoms with van der Waals surface area (Å²) in [7, 11) is 0. The molecular weight excluding hydrogens is 510 g/mol. The Morgan fingerprint density at radius 2 is 1.68 bits per heavy atom. The lowest BCUT2D eigenvalue weighted by Crippen LogP contribution is -2.57. The minimum atomic E-state index is -1.07. The Kier molecular flexibility index (Phi) is 8.52. The van der Waals surface area contributed by atoms with Gasteiger partial charge in [0.1, 0.15) is 17.7 Å². The van der Waals surface area contributed by atoms with Gasteiger partial charge in [-0.3, -0.25) is 14.5 Å². The molecule has 1 aromatic carbocycles. The van der Waals surface area contributed by atoms with Gasteiger partial charge in [-0.25, -0.2) is 9.59 Å². The summed E-state index contributed by atoms with van der Waals surface area (Å²) in [5, 5.41) is 3.01. The molecule has 0 radical (unpaired) electrons. The number of hydrogen-bond acceptors (Lipinski definition) is 6. The van der Waals surface area contributed by atoms with E-state index in [4.69, 9.17) is 9.47 Å². The first kappa shape index (κ1) is 29.9. The monoisotopic (exact) mass is 555 g/mol. The van der Waals surface area contributed by atoms with Crippen LogP contribution in [0.3, 0.4) is 0 Å². The molecule has 4 rings (SSSR count). The van der Waals surface area contributed by atoms with Gasteiger partial charge in [-0.05, 0) is 57.1 Å². The molecule has 3 atom stereocenters. The summed E-state index contributed by atoms with van der Waals surface area (Å²) in [4.78, 5) is 56.8. The minimum absolute atomic E-state index is 0.0376. The number of para-hydroxylation sites is 1. The van der Waals surface area contributed by atoms with Crippen molar-refractivity contribution in [1.29, 1.82) is 0 Å². The maximum absolute atomic E-state index is 14.2. The number of rotatable bonds is 6. The van der Waals surface area contributed by atoms with Gasteiger partial charge in [0.25, 0.3) is 0 Å². The van der Waals surface area contributed by atoms with Gasteiger partial charge in [0.05, 0.1) is 13.1 Å². The number of nitrogens with zero attached hydrogens (tertiary/aromatic N) is 2. The molecular formula is C31H45N3O6. The van der Waals surface area contributed by atoms with Crippen molar-refractivity contribution in [2.75, 3.05) is 18.0 Å². The van der Waals surface area contributed by atoms with Gasteiger partial charge in [0, 0.05) is 18.5 Å². The number of carbonyl (C=O) groups excluding carboxylic acids is 4. The fraction of sp³-hybridized carbons (Fsp3) is 0.677. The Morgan fingerprint density at radius 3 is 2.27 bits per heavy atom. The standard InChI is InChI=1S/C31H45N3O6/c1-29(2,3)25(32-24(35)17-21-13-9-7-10-14-21)26(36)34-20-31(18-23(34)27(37)39-30(4,5)6)19-33(28(38)40-31)22-15-11-8-12-16-22/h8,11-12,15-16,21,23,25H,7,9-10,13-14,17-20H2,1-6H3,(H,32,35)/t23-,25+,31-/m0/s1. The number of amides is 3. The van der Waals surface area contributed by atoms with Crippen molar-refractivity contribution in [3.8, 4) is 0 Å². The van der Waals surface area contributed by atoms with Crippen LogP contribution in [0.4, 0.5) is 10.5 Å². The largest absolute Gasteiger partial charge is 0.458 e. The van der Waals surface area contributed by atoms with Crippen LogP contribution in [0, 0.1) is 11.3 Å². The third kappa shape index (κ3) is 6.96. The average Bonchev–Trinajstić information content (AvgIpc) is 3.40. The Balaban J connectivity index is 1.58. The molecule has 1 aliphatic carbocycles. The normalized spacial score (nSPS) is 24.6. The zero-order chi connectivity index (χ0) is 29.3. The Bertz CT molecular complexity index is 1100.